The highest BCUT2D eigenvalue weighted by Crippen LogP contribution is 2.29. The Labute approximate surface area is 161 Å². The van der Waals surface area contributed by atoms with Gasteiger partial charge in [-0.1, -0.05) is 18.2 Å². The van der Waals surface area contributed by atoms with Gasteiger partial charge in [0.05, 0.1) is 17.2 Å². The number of rotatable bonds is 7. The first kappa shape index (κ1) is 18.9. The molecule has 0 aliphatic heterocycles. The zero-order chi connectivity index (χ0) is 19.3. The summed E-state index contributed by atoms with van der Waals surface area (Å²) < 4.78 is 33.1. The number of sulfonamides is 1. The number of nitrogens with one attached hydrogen (secondary N) is 2. The highest BCUT2D eigenvalue weighted by molar-refractivity contribution is 7.93. The highest BCUT2D eigenvalue weighted by Gasteiger charge is 2.19. The van der Waals surface area contributed by atoms with E-state index < -0.39 is 10.0 Å². The topological polar surface area (TPSA) is 97.4 Å². The van der Waals surface area contributed by atoms with Crippen LogP contribution in [0.15, 0.2) is 65.0 Å². The fourth-order valence-corrected chi connectivity index (χ4v) is 4.10. The Morgan fingerprint density at radius 3 is 2.63 bits per heavy atom. The van der Waals surface area contributed by atoms with E-state index in [0.29, 0.717) is 17.9 Å². The second kappa shape index (κ2) is 8.19. The van der Waals surface area contributed by atoms with Crippen molar-refractivity contribution in [2.45, 2.75) is 11.8 Å². The molecule has 2 aromatic carbocycles. The second-order valence-electron chi connectivity index (χ2n) is 5.35. The van der Waals surface area contributed by atoms with Crippen molar-refractivity contribution in [3.05, 3.63) is 65.7 Å². The lowest BCUT2D eigenvalue weighted by Crippen LogP contribution is -2.16. The van der Waals surface area contributed by atoms with E-state index in [0.717, 1.165) is 0 Å². The van der Waals surface area contributed by atoms with Gasteiger partial charge in [0.1, 0.15) is 5.75 Å². The molecule has 140 valence electrons. The molecule has 0 spiro atoms. The Bertz CT molecular complexity index is 1020. The van der Waals surface area contributed by atoms with Crippen LogP contribution >= 0.6 is 11.3 Å². The largest absolute Gasteiger partial charge is 0.492 e. The number of benzene rings is 2. The number of ether oxygens (including phenoxy) is 1. The molecule has 9 heteroatoms. The van der Waals surface area contributed by atoms with Crippen molar-refractivity contribution in [2.75, 3.05) is 16.6 Å². The standard InChI is InChI=1S/C18H17N3O4S2/c1-2-25-16-9-8-14(27(23,24)21-18-19-10-11-26-18)12-15(16)20-17(22)13-6-4-3-5-7-13/h3-12H,2H2,1H3,(H,19,21)(H,20,22). The first-order valence-corrected chi connectivity index (χ1v) is 10.4. The SMILES string of the molecule is CCOc1ccc(S(=O)(=O)Nc2nccs2)cc1NC(=O)c1ccccc1. The van der Waals surface area contributed by atoms with E-state index in [4.69, 9.17) is 4.74 Å². The van der Waals surface area contributed by atoms with Gasteiger partial charge in [-0.2, -0.15) is 0 Å². The third kappa shape index (κ3) is 4.63. The van der Waals surface area contributed by atoms with E-state index in [1.807, 2.05) is 0 Å². The van der Waals surface area contributed by atoms with Gasteiger partial charge < -0.3 is 10.1 Å². The van der Waals surface area contributed by atoms with E-state index in [2.05, 4.69) is 15.0 Å². The summed E-state index contributed by atoms with van der Waals surface area (Å²) in [4.78, 5) is 16.4. The van der Waals surface area contributed by atoms with Crippen LogP contribution in [0.5, 0.6) is 5.75 Å². The van der Waals surface area contributed by atoms with Crippen LogP contribution in [0, 0.1) is 0 Å². The molecule has 0 unspecified atom stereocenters. The zero-order valence-corrected chi connectivity index (χ0v) is 16.0. The van der Waals surface area contributed by atoms with Gasteiger partial charge in [-0.05, 0) is 37.3 Å². The summed E-state index contributed by atoms with van der Waals surface area (Å²) >= 11 is 1.17. The molecule has 0 bridgehead atoms. The lowest BCUT2D eigenvalue weighted by atomic mass is 10.2. The summed E-state index contributed by atoms with van der Waals surface area (Å²) in [6, 6.07) is 12.9. The average Bonchev–Trinajstić information content (AvgIpc) is 3.16. The quantitative estimate of drug-likeness (QED) is 0.628. The van der Waals surface area contributed by atoms with Crippen molar-refractivity contribution >= 4 is 38.1 Å². The van der Waals surface area contributed by atoms with E-state index in [9.17, 15) is 13.2 Å². The number of carbonyl (C=O) groups excluding carboxylic acids is 1. The van der Waals surface area contributed by atoms with Crippen molar-refractivity contribution in [2.24, 2.45) is 0 Å². The lowest BCUT2D eigenvalue weighted by Gasteiger charge is -2.14. The van der Waals surface area contributed by atoms with E-state index in [1.165, 1.54) is 35.7 Å². The smallest absolute Gasteiger partial charge is 0.263 e. The molecule has 3 aromatic rings. The van der Waals surface area contributed by atoms with Gasteiger partial charge in [-0.25, -0.2) is 13.4 Å². The molecule has 0 radical (unpaired) electrons. The van der Waals surface area contributed by atoms with E-state index >= 15 is 0 Å². The summed E-state index contributed by atoms with van der Waals surface area (Å²) in [5, 5.41) is 4.64. The molecule has 1 heterocycles. The molecule has 0 aliphatic rings. The summed E-state index contributed by atoms with van der Waals surface area (Å²) in [6.07, 6.45) is 1.51. The van der Waals surface area contributed by atoms with E-state index in [-0.39, 0.29) is 21.6 Å². The molecule has 0 atom stereocenters. The Balaban J connectivity index is 1.91. The number of amides is 1. The molecule has 1 aromatic heterocycles. The average molecular weight is 403 g/mol. The van der Waals surface area contributed by atoms with Crippen molar-refractivity contribution in [1.29, 1.82) is 0 Å². The van der Waals surface area contributed by atoms with Crippen molar-refractivity contribution in [3.8, 4) is 5.75 Å². The zero-order valence-electron chi connectivity index (χ0n) is 14.4. The van der Waals surface area contributed by atoms with Gasteiger partial charge >= 0.3 is 0 Å². The maximum atomic E-state index is 12.6. The molecule has 1 amide bonds. The summed E-state index contributed by atoms with van der Waals surface area (Å²) in [5.74, 6) is 0.0222. The number of hydrogen-bond donors (Lipinski definition) is 2. The van der Waals surface area contributed by atoms with Crippen LogP contribution < -0.4 is 14.8 Å². The van der Waals surface area contributed by atoms with Gasteiger partial charge in [-0.3, -0.25) is 9.52 Å². The van der Waals surface area contributed by atoms with Crippen LogP contribution in [-0.2, 0) is 10.0 Å². The maximum absolute atomic E-state index is 12.6. The van der Waals surface area contributed by atoms with Crippen LogP contribution in [0.2, 0.25) is 0 Å². The Hall–Kier alpha value is -2.91. The van der Waals surface area contributed by atoms with Crippen LogP contribution in [0.4, 0.5) is 10.8 Å². The molecule has 7 nitrogen and oxygen atoms in total. The third-order valence-electron chi connectivity index (χ3n) is 3.50. The Morgan fingerprint density at radius 2 is 1.96 bits per heavy atom. The molecule has 0 saturated carbocycles. The minimum atomic E-state index is -3.85. The normalized spacial score (nSPS) is 11.0. The van der Waals surface area contributed by atoms with Gasteiger partial charge in [0.15, 0.2) is 5.13 Å². The molecule has 0 fully saturated rings. The number of nitrogens with zero attached hydrogens (tertiary/aromatic N) is 1. The predicted molar refractivity (Wildman–Crippen MR) is 105 cm³/mol. The van der Waals surface area contributed by atoms with Crippen LogP contribution in [0.1, 0.15) is 17.3 Å². The molecular formula is C18H17N3O4S2. The summed E-state index contributed by atoms with van der Waals surface area (Å²) in [5.41, 5.74) is 0.724. The maximum Gasteiger partial charge on any atom is 0.263 e. The van der Waals surface area contributed by atoms with E-state index in [1.54, 1.807) is 42.6 Å². The molecule has 0 aliphatic carbocycles. The molecule has 3 rings (SSSR count). The first-order chi connectivity index (χ1) is 13.0. The number of hydrogen-bond acceptors (Lipinski definition) is 6. The summed E-state index contributed by atoms with van der Waals surface area (Å²) in [6.45, 7) is 2.18. The van der Waals surface area contributed by atoms with Crippen molar-refractivity contribution in [3.63, 3.8) is 0 Å². The number of carbonyl (C=O) groups is 1. The fourth-order valence-electron chi connectivity index (χ4n) is 2.29. The van der Waals surface area contributed by atoms with Gasteiger partial charge in [-0.15, -0.1) is 11.3 Å². The first-order valence-electron chi connectivity index (χ1n) is 8.05. The van der Waals surface area contributed by atoms with Crippen LogP contribution in [0.25, 0.3) is 0 Å². The number of aromatic nitrogens is 1. The van der Waals surface area contributed by atoms with Crippen LogP contribution in [0.3, 0.4) is 0 Å². The lowest BCUT2D eigenvalue weighted by molar-refractivity contribution is 0.102. The molecule has 2 N–H and O–H groups in total. The monoisotopic (exact) mass is 403 g/mol. The third-order valence-corrected chi connectivity index (χ3v) is 5.65. The number of thiazole rings is 1. The fraction of sp³-hybridized carbons (Fsp3) is 0.111. The molecule has 27 heavy (non-hydrogen) atoms. The molecule has 0 saturated heterocycles. The Morgan fingerprint density at radius 1 is 1.19 bits per heavy atom. The minimum Gasteiger partial charge on any atom is -0.492 e. The van der Waals surface area contributed by atoms with Crippen molar-refractivity contribution in [1.82, 2.24) is 4.98 Å². The van der Waals surface area contributed by atoms with Crippen molar-refractivity contribution < 1.29 is 17.9 Å². The number of anilines is 2. The predicted octanol–water partition coefficient (Wildman–Crippen LogP) is 3.59. The Kier molecular flexibility index (Phi) is 5.72. The minimum absolute atomic E-state index is 0.00971. The summed E-state index contributed by atoms with van der Waals surface area (Å²) in [7, 11) is -3.85. The van der Waals surface area contributed by atoms with Gasteiger partial charge in [0.25, 0.3) is 15.9 Å². The van der Waals surface area contributed by atoms with Gasteiger partial charge in [0.2, 0.25) is 0 Å². The highest BCUT2D eigenvalue weighted by atomic mass is 32.2. The van der Waals surface area contributed by atoms with Gasteiger partial charge in [0, 0.05) is 17.1 Å². The molecular weight excluding hydrogens is 386 g/mol. The van der Waals surface area contributed by atoms with Crippen LogP contribution in [-0.4, -0.2) is 25.9 Å². The second-order valence-corrected chi connectivity index (χ2v) is 7.93.